The summed E-state index contributed by atoms with van der Waals surface area (Å²) in [6, 6.07) is 18.6. The van der Waals surface area contributed by atoms with Gasteiger partial charge in [-0.1, -0.05) is 54.6 Å². The monoisotopic (exact) mass is 317 g/mol. The number of aromatic nitrogens is 2. The summed E-state index contributed by atoms with van der Waals surface area (Å²) in [7, 11) is 0. The number of rotatable bonds is 2. The Labute approximate surface area is 140 Å². The number of aromatic amines is 1. The average molecular weight is 317 g/mol. The third kappa shape index (κ3) is 2.83. The fraction of sp³-hybridized carbons (Fsp3) is 0.200. The third-order valence-corrected chi connectivity index (χ3v) is 4.46. The predicted octanol–water partition coefficient (Wildman–Crippen LogP) is 3.85. The van der Waals surface area contributed by atoms with Crippen molar-refractivity contribution >= 4 is 5.82 Å². The number of nitrogens with zero attached hydrogens (tertiary/aromatic N) is 1. The Bertz CT molecular complexity index is 898. The number of hydrogen-bond donors (Lipinski definition) is 2. The fourth-order valence-electron chi connectivity index (χ4n) is 3.23. The van der Waals surface area contributed by atoms with Gasteiger partial charge in [-0.2, -0.15) is 4.98 Å². The number of benzene rings is 2. The van der Waals surface area contributed by atoms with Crippen molar-refractivity contribution in [2.75, 3.05) is 11.9 Å². The minimum atomic E-state index is -0.301. The molecule has 0 fully saturated rings. The van der Waals surface area contributed by atoms with Gasteiger partial charge in [0.15, 0.2) is 0 Å². The lowest BCUT2D eigenvalue weighted by atomic mass is 9.99. The largest absolute Gasteiger partial charge is 0.370 e. The van der Waals surface area contributed by atoms with Crippen molar-refractivity contribution in [3.8, 4) is 22.4 Å². The summed E-state index contributed by atoms with van der Waals surface area (Å²) in [5, 5.41) is 3.28. The first-order chi connectivity index (χ1) is 11.8. The van der Waals surface area contributed by atoms with Crippen molar-refractivity contribution in [3.63, 3.8) is 0 Å². The van der Waals surface area contributed by atoms with Crippen LogP contribution >= 0.6 is 0 Å². The van der Waals surface area contributed by atoms with Crippen LogP contribution in [0.5, 0.6) is 0 Å². The van der Waals surface area contributed by atoms with Crippen molar-refractivity contribution in [1.29, 1.82) is 0 Å². The molecule has 2 N–H and O–H groups in total. The molecule has 0 saturated carbocycles. The highest BCUT2D eigenvalue weighted by atomic mass is 16.1. The van der Waals surface area contributed by atoms with E-state index in [0.29, 0.717) is 0 Å². The average Bonchev–Trinajstić information content (AvgIpc) is 2.87. The normalized spacial score (nSPS) is 13.7. The van der Waals surface area contributed by atoms with Gasteiger partial charge in [0.2, 0.25) is 0 Å². The van der Waals surface area contributed by atoms with E-state index in [1.807, 2.05) is 18.2 Å². The molecule has 0 radical (unpaired) electrons. The highest BCUT2D eigenvalue weighted by molar-refractivity contribution is 5.72. The van der Waals surface area contributed by atoms with Crippen molar-refractivity contribution in [1.82, 2.24) is 9.97 Å². The first-order valence-electron chi connectivity index (χ1n) is 8.34. The van der Waals surface area contributed by atoms with Crippen LogP contribution in [0.4, 0.5) is 5.82 Å². The maximum absolute atomic E-state index is 11.9. The van der Waals surface area contributed by atoms with E-state index in [-0.39, 0.29) is 5.69 Å². The van der Waals surface area contributed by atoms with Crippen LogP contribution in [-0.4, -0.2) is 16.5 Å². The molecule has 0 spiro atoms. The molecule has 4 nitrogen and oxygen atoms in total. The van der Waals surface area contributed by atoms with Gasteiger partial charge in [-0.05, 0) is 36.0 Å². The molecular weight excluding hydrogens is 298 g/mol. The summed E-state index contributed by atoms with van der Waals surface area (Å²) in [6.07, 6.45) is 3.13. The predicted molar refractivity (Wildman–Crippen MR) is 97.2 cm³/mol. The second kappa shape index (κ2) is 6.32. The summed E-state index contributed by atoms with van der Waals surface area (Å²) in [5.41, 5.74) is 5.07. The van der Waals surface area contributed by atoms with Gasteiger partial charge in [-0.3, -0.25) is 0 Å². The van der Waals surface area contributed by atoms with Crippen molar-refractivity contribution < 1.29 is 0 Å². The van der Waals surface area contributed by atoms with Gasteiger partial charge in [0, 0.05) is 12.1 Å². The van der Waals surface area contributed by atoms with E-state index in [2.05, 4.69) is 51.7 Å². The van der Waals surface area contributed by atoms with Gasteiger partial charge >= 0.3 is 5.69 Å². The molecule has 0 saturated heterocycles. The molecule has 4 heteroatoms. The molecule has 2 aromatic carbocycles. The quantitative estimate of drug-likeness (QED) is 0.755. The summed E-state index contributed by atoms with van der Waals surface area (Å²) in [5.74, 6) is 0.735. The second-order valence-electron chi connectivity index (χ2n) is 6.07. The molecule has 120 valence electrons. The fourth-order valence-corrected chi connectivity index (χ4v) is 3.23. The van der Waals surface area contributed by atoms with E-state index in [1.165, 1.54) is 11.1 Å². The summed E-state index contributed by atoms with van der Waals surface area (Å²) in [4.78, 5) is 19.0. The lowest BCUT2D eigenvalue weighted by Gasteiger charge is -2.12. The van der Waals surface area contributed by atoms with E-state index < -0.39 is 0 Å². The van der Waals surface area contributed by atoms with Gasteiger partial charge in [0.05, 0.1) is 5.69 Å². The van der Waals surface area contributed by atoms with Crippen molar-refractivity contribution in [2.45, 2.75) is 19.3 Å². The molecule has 0 atom stereocenters. The lowest BCUT2D eigenvalue weighted by Crippen LogP contribution is -2.17. The highest BCUT2D eigenvalue weighted by Gasteiger charge is 2.16. The Morgan fingerprint density at radius 1 is 0.833 bits per heavy atom. The topological polar surface area (TPSA) is 57.8 Å². The Hall–Kier alpha value is -2.88. The molecule has 0 bridgehead atoms. The van der Waals surface area contributed by atoms with E-state index in [1.54, 1.807) is 0 Å². The molecule has 0 amide bonds. The minimum Gasteiger partial charge on any atom is -0.370 e. The molecule has 0 unspecified atom stereocenters. The summed E-state index contributed by atoms with van der Waals surface area (Å²) >= 11 is 0. The lowest BCUT2D eigenvalue weighted by molar-refractivity contribution is 0.785. The zero-order valence-corrected chi connectivity index (χ0v) is 13.4. The molecular formula is C20H19N3O. The van der Waals surface area contributed by atoms with Gasteiger partial charge in [0.1, 0.15) is 5.82 Å². The first-order valence-corrected chi connectivity index (χ1v) is 8.34. The van der Waals surface area contributed by atoms with Crippen LogP contribution in [0.2, 0.25) is 0 Å². The number of H-pyrrole nitrogens is 1. The molecule has 1 aliphatic rings. The van der Waals surface area contributed by atoms with Gasteiger partial charge in [0.25, 0.3) is 0 Å². The number of nitrogens with one attached hydrogen (secondary N) is 2. The molecule has 1 aliphatic heterocycles. The van der Waals surface area contributed by atoms with Gasteiger partial charge < -0.3 is 10.3 Å². The van der Waals surface area contributed by atoms with Crippen LogP contribution in [0.25, 0.3) is 22.4 Å². The van der Waals surface area contributed by atoms with E-state index in [9.17, 15) is 4.79 Å². The van der Waals surface area contributed by atoms with Crippen LogP contribution in [0.1, 0.15) is 18.4 Å². The number of anilines is 1. The SMILES string of the molecule is O=c1nc2c(c(-c3ccc(-c4ccccc4)cc3)[nH]1)CCCCN2. The Morgan fingerprint density at radius 2 is 1.54 bits per heavy atom. The minimum absolute atomic E-state index is 0.301. The van der Waals surface area contributed by atoms with E-state index in [0.717, 1.165) is 48.4 Å². The van der Waals surface area contributed by atoms with Crippen molar-refractivity contribution in [3.05, 3.63) is 70.6 Å². The number of fused-ring (bicyclic) bond motifs is 1. The van der Waals surface area contributed by atoms with Crippen LogP contribution in [-0.2, 0) is 6.42 Å². The zero-order valence-electron chi connectivity index (χ0n) is 13.4. The van der Waals surface area contributed by atoms with Crippen LogP contribution in [0.15, 0.2) is 59.4 Å². The summed E-state index contributed by atoms with van der Waals surface area (Å²) < 4.78 is 0. The molecule has 0 aliphatic carbocycles. The zero-order chi connectivity index (χ0) is 16.4. The van der Waals surface area contributed by atoms with Crippen molar-refractivity contribution in [2.24, 2.45) is 0 Å². The molecule has 2 heterocycles. The van der Waals surface area contributed by atoms with Crippen LogP contribution < -0.4 is 11.0 Å². The standard InChI is InChI=1S/C20H19N3O/c24-20-22-18(17-8-4-5-13-21-19(17)23-20)16-11-9-15(10-12-16)14-6-2-1-3-7-14/h1-3,6-7,9-12H,4-5,8,13H2,(H2,21,22,23,24). The van der Waals surface area contributed by atoms with Crippen LogP contribution in [0.3, 0.4) is 0 Å². The third-order valence-electron chi connectivity index (χ3n) is 4.46. The Balaban J connectivity index is 1.77. The number of hydrogen-bond acceptors (Lipinski definition) is 3. The molecule has 1 aromatic heterocycles. The molecule has 24 heavy (non-hydrogen) atoms. The first kappa shape index (κ1) is 14.7. The molecule has 3 aromatic rings. The Kier molecular flexibility index (Phi) is 3.87. The Morgan fingerprint density at radius 3 is 2.33 bits per heavy atom. The maximum atomic E-state index is 11.9. The highest BCUT2D eigenvalue weighted by Crippen LogP contribution is 2.29. The summed E-state index contributed by atoms with van der Waals surface area (Å²) in [6.45, 7) is 0.871. The van der Waals surface area contributed by atoms with E-state index in [4.69, 9.17) is 0 Å². The maximum Gasteiger partial charge on any atom is 0.347 e. The molecule has 4 rings (SSSR count). The van der Waals surface area contributed by atoms with Gasteiger partial charge in [-0.25, -0.2) is 4.79 Å². The van der Waals surface area contributed by atoms with E-state index >= 15 is 0 Å². The van der Waals surface area contributed by atoms with Crippen LogP contribution in [0, 0.1) is 0 Å². The second-order valence-corrected chi connectivity index (χ2v) is 6.07. The smallest absolute Gasteiger partial charge is 0.347 e. The van der Waals surface area contributed by atoms with Gasteiger partial charge in [-0.15, -0.1) is 0 Å².